The first-order valence-corrected chi connectivity index (χ1v) is 7.24. The minimum atomic E-state index is 0.333. The predicted molar refractivity (Wildman–Crippen MR) is 81.0 cm³/mol. The molecule has 3 rings (SSSR count). The molecule has 3 heterocycles. The summed E-state index contributed by atoms with van der Waals surface area (Å²) in [7, 11) is 1.99. The Balaban J connectivity index is 1.97. The lowest BCUT2D eigenvalue weighted by atomic mass is 10.0. The molecule has 0 saturated carbocycles. The van der Waals surface area contributed by atoms with E-state index >= 15 is 0 Å². The highest BCUT2D eigenvalue weighted by atomic mass is 15.3. The van der Waals surface area contributed by atoms with E-state index in [4.69, 9.17) is 5.26 Å². The molecule has 2 aromatic rings. The molecule has 0 spiro atoms. The molecule has 0 aromatic carbocycles. The Labute approximate surface area is 124 Å². The Morgan fingerprint density at radius 2 is 2.14 bits per heavy atom. The van der Waals surface area contributed by atoms with E-state index in [1.54, 1.807) is 6.20 Å². The topological polar surface area (TPSA) is 57.7 Å². The number of pyridine rings is 1. The first-order chi connectivity index (χ1) is 10.1. The van der Waals surface area contributed by atoms with Crippen LogP contribution in [0.25, 0.3) is 0 Å². The van der Waals surface area contributed by atoms with Gasteiger partial charge in [0.1, 0.15) is 11.9 Å². The number of rotatable bonds is 2. The lowest BCUT2D eigenvalue weighted by Crippen LogP contribution is -2.24. The van der Waals surface area contributed by atoms with Crippen LogP contribution in [0, 0.1) is 25.2 Å². The van der Waals surface area contributed by atoms with Gasteiger partial charge in [-0.3, -0.25) is 4.68 Å². The van der Waals surface area contributed by atoms with Gasteiger partial charge in [-0.1, -0.05) is 0 Å². The molecule has 0 radical (unpaired) electrons. The number of nitriles is 1. The fraction of sp³-hybridized carbons (Fsp3) is 0.438. The quantitative estimate of drug-likeness (QED) is 0.849. The number of hydrogen-bond acceptors (Lipinski definition) is 4. The number of aryl methyl sites for hydroxylation is 2. The lowest BCUT2D eigenvalue weighted by molar-refractivity contribution is 0.693. The second kappa shape index (κ2) is 5.21. The molecule has 0 N–H and O–H groups in total. The van der Waals surface area contributed by atoms with Crippen molar-refractivity contribution in [1.29, 1.82) is 5.26 Å². The van der Waals surface area contributed by atoms with Crippen molar-refractivity contribution in [3.05, 3.63) is 40.8 Å². The van der Waals surface area contributed by atoms with Gasteiger partial charge in [0.25, 0.3) is 0 Å². The molecule has 108 valence electrons. The molecular formula is C16H19N5. The minimum Gasteiger partial charge on any atom is -0.349 e. The Bertz CT molecular complexity index is 693. The van der Waals surface area contributed by atoms with Crippen LogP contribution >= 0.6 is 0 Å². The van der Waals surface area contributed by atoms with Crippen molar-refractivity contribution in [2.45, 2.75) is 32.7 Å². The fourth-order valence-corrected chi connectivity index (χ4v) is 3.24. The van der Waals surface area contributed by atoms with Gasteiger partial charge < -0.3 is 4.90 Å². The first-order valence-electron chi connectivity index (χ1n) is 7.24. The molecule has 0 bridgehead atoms. The molecule has 1 saturated heterocycles. The van der Waals surface area contributed by atoms with Crippen LogP contribution in [0.4, 0.5) is 5.82 Å². The zero-order chi connectivity index (χ0) is 15.0. The Hall–Kier alpha value is -2.35. The van der Waals surface area contributed by atoms with E-state index in [-0.39, 0.29) is 0 Å². The third-order valence-corrected chi connectivity index (χ3v) is 4.32. The molecule has 21 heavy (non-hydrogen) atoms. The summed E-state index contributed by atoms with van der Waals surface area (Å²) in [5.41, 5.74) is 4.24. The zero-order valence-electron chi connectivity index (χ0n) is 12.7. The lowest BCUT2D eigenvalue weighted by Gasteiger charge is -2.26. The van der Waals surface area contributed by atoms with Gasteiger partial charge in [0.2, 0.25) is 0 Å². The third kappa shape index (κ3) is 2.27. The van der Waals surface area contributed by atoms with Crippen molar-refractivity contribution < 1.29 is 0 Å². The molecule has 2 aromatic heterocycles. The van der Waals surface area contributed by atoms with Crippen molar-refractivity contribution in [3.63, 3.8) is 0 Å². The summed E-state index contributed by atoms with van der Waals surface area (Å²) >= 11 is 0. The summed E-state index contributed by atoms with van der Waals surface area (Å²) in [5.74, 6) is 0.944. The third-order valence-electron chi connectivity index (χ3n) is 4.32. The van der Waals surface area contributed by atoms with Gasteiger partial charge in [-0.15, -0.1) is 0 Å². The van der Waals surface area contributed by atoms with E-state index in [2.05, 4.69) is 34.9 Å². The van der Waals surface area contributed by atoms with Crippen molar-refractivity contribution in [2.75, 3.05) is 11.4 Å². The largest absolute Gasteiger partial charge is 0.349 e. The number of aromatic nitrogens is 3. The van der Waals surface area contributed by atoms with Crippen LogP contribution in [-0.2, 0) is 7.05 Å². The van der Waals surface area contributed by atoms with Crippen molar-refractivity contribution in [3.8, 4) is 6.07 Å². The molecule has 1 fully saturated rings. The van der Waals surface area contributed by atoms with Gasteiger partial charge in [-0.2, -0.15) is 10.4 Å². The van der Waals surface area contributed by atoms with Crippen LogP contribution in [0.5, 0.6) is 0 Å². The Kier molecular flexibility index (Phi) is 3.38. The highest BCUT2D eigenvalue weighted by Crippen LogP contribution is 2.37. The predicted octanol–water partition coefficient (Wildman–Crippen LogP) is 2.65. The number of anilines is 1. The van der Waals surface area contributed by atoms with E-state index in [9.17, 15) is 0 Å². The summed E-state index contributed by atoms with van der Waals surface area (Å²) in [6, 6.07) is 6.22. The van der Waals surface area contributed by atoms with E-state index in [0.29, 0.717) is 11.6 Å². The van der Waals surface area contributed by atoms with Crippen LogP contribution in [0.2, 0.25) is 0 Å². The van der Waals surface area contributed by atoms with Crippen molar-refractivity contribution in [2.24, 2.45) is 7.05 Å². The number of nitrogens with zero attached hydrogens (tertiary/aromatic N) is 5. The van der Waals surface area contributed by atoms with Crippen molar-refractivity contribution in [1.82, 2.24) is 14.8 Å². The molecular weight excluding hydrogens is 262 g/mol. The Morgan fingerprint density at radius 3 is 2.71 bits per heavy atom. The smallest absolute Gasteiger partial charge is 0.129 e. The van der Waals surface area contributed by atoms with Crippen LogP contribution in [0.15, 0.2) is 18.3 Å². The van der Waals surface area contributed by atoms with Crippen LogP contribution in [0.1, 0.15) is 41.4 Å². The molecule has 1 aliphatic rings. The summed E-state index contributed by atoms with van der Waals surface area (Å²) < 4.78 is 1.95. The molecule has 5 heteroatoms. The van der Waals surface area contributed by atoms with Gasteiger partial charge in [-0.25, -0.2) is 4.98 Å². The maximum absolute atomic E-state index is 8.88. The van der Waals surface area contributed by atoms with E-state index < -0.39 is 0 Å². The molecule has 0 unspecified atom stereocenters. The maximum Gasteiger partial charge on any atom is 0.129 e. The van der Waals surface area contributed by atoms with Gasteiger partial charge in [0, 0.05) is 31.0 Å². The van der Waals surface area contributed by atoms with Crippen LogP contribution in [-0.4, -0.2) is 21.3 Å². The average Bonchev–Trinajstić information content (AvgIpc) is 3.05. The van der Waals surface area contributed by atoms with E-state index in [1.165, 1.54) is 11.3 Å². The molecule has 1 aliphatic heterocycles. The van der Waals surface area contributed by atoms with Crippen molar-refractivity contribution >= 4 is 5.82 Å². The molecule has 0 aliphatic carbocycles. The second-order valence-electron chi connectivity index (χ2n) is 5.58. The molecule has 0 amide bonds. The molecule has 1 atom stereocenters. The molecule has 5 nitrogen and oxygen atoms in total. The average molecular weight is 281 g/mol. The SMILES string of the molecule is Cc1nn(C)c(C)c1[C@H]1CCCN1c1ccc(C#N)cn1. The second-order valence-corrected chi connectivity index (χ2v) is 5.58. The summed E-state index contributed by atoms with van der Waals surface area (Å²) in [6.45, 7) is 5.19. The Morgan fingerprint density at radius 1 is 1.33 bits per heavy atom. The van der Waals surface area contributed by atoms with Crippen LogP contribution in [0.3, 0.4) is 0 Å². The highest BCUT2D eigenvalue weighted by Gasteiger charge is 2.31. The minimum absolute atomic E-state index is 0.333. The van der Waals surface area contributed by atoms with Gasteiger partial charge in [-0.05, 0) is 38.8 Å². The summed E-state index contributed by atoms with van der Waals surface area (Å²) in [6.07, 6.45) is 3.92. The highest BCUT2D eigenvalue weighted by molar-refractivity contribution is 5.47. The number of hydrogen-bond donors (Lipinski definition) is 0. The van der Waals surface area contributed by atoms with Gasteiger partial charge in [0.05, 0.1) is 17.3 Å². The fourth-order valence-electron chi connectivity index (χ4n) is 3.24. The monoisotopic (exact) mass is 281 g/mol. The first kappa shape index (κ1) is 13.6. The normalized spacial score (nSPS) is 18.0. The van der Waals surface area contributed by atoms with Gasteiger partial charge >= 0.3 is 0 Å². The standard InChI is InChI=1S/C16H19N5/c1-11-16(12(2)20(3)19-11)14-5-4-8-21(14)15-7-6-13(9-17)10-18-15/h6-7,10,14H,4-5,8H2,1-3H3/t14-/m1/s1. The summed E-state index contributed by atoms with van der Waals surface area (Å²) in [5, 5.41) is 13.4. The zero-order valence-corrected chi connectivity index (χ0v) is 12.7. The van der Waals surface area contributed by atoms with E-state index in [0.717, 1.165) is 30.9 Å². The van der Waals surface area contributed by atoms with E-state index in [1.807, 2.05) is 23.9 Å². The summed E-state index contributed by atoms with van der Waals surface area (Å²) in [4.78, 5) is 6.78. The van der Waals surface area contributed by atoms with Crippen LogP contribution < -0.4 is 4.90 Å². The maximum atomic E-state index is 8.88. The van der Waals surface area contributed by atoms with Gasteiger partial charge in [0.15, 0.2) is 0 Å².